The Labute approximate surface area is 267 Å². The average molecular weight is 622 g/mol. The highest BCUT2D eigenvalue weighted by Crippen LogP contribution is 2.58. The molecule has 1 aliphatic heterocycles. The van der Waals surface area contributed by atoms with Gasteiger partial charge in [0.05, 0.1) is 46.8 Å². The minimum Gasteiger partial charge on any atom is -0.478 e. The largest absolute Gasteiger partial charge is 0.478 e. The Morgan fingerprint density at radius 2 is 2.13 bits per heavy atom. The molecule has 1 N–H and O–H groups in total. The zero-order valence-corrected chi connectivity index (χ0v) is 25.9. The van der Waals surface area contributed by atoms with Crippen LogP contribution in [0.3, 0.4) is 0 Å². The highest BCUT2D eigenvalue weighted by atomic mass is 19.1. The lowest BCUT2D eigenvalue weighted by Crippen LogP contribution is -2.37. The highest BCUT2D eigenvalue weighted by molar-refractivity contribution is 5.92. The second-order valence-corrected chi connectivity index (χ2v) is 12.0. The molecular formula is C35H36FN7O3. The standard InChI is InChI=1S/C35H36FN7O3/c1-3-41(2)23-38-13-5-14-43-30-17-25(34(44)45)10-11-29(30)39-32(43)21-42-15-12-35(18-27(35)20-42)31-6-4-7-33(40-31)46-22-26-9-8-24(19-37)16-28(26)36/h4-11,13,16-17,23,27H,3,12,14-15,18,20-22H2,1-2H3,(H,44,45)/b13-5+,38-23?. The van der Waals surface area contributed by atoms with Crippen molar-refractivity contribution in [2.45, 2.75) is 44.9 Å². The zero-order chi connectivity index (χ0) is 32.3. The average Bonchev–Trinajstić information content (AvgIpc) is 3.71. The number of allylic oxidation sites excluding steroid dienone is 1. The molecule has 6 rings (SSSR count). The minimum atomic E-state index is -0.968. The van der Waals surface area contributed by atoms with Crippen molar-refractivity contribution in [2.24, 2.45) is 10.9 Å². The molecule has 2 unspecified atom stereocenters. The lowest BCUT2D eigenvalue weighted by Gasteiger charge is -2.31. The molecule has 46 heavy (non-hydrogen) atoms. The summed E-state index contributed by atoms with van der Waals surface area (Å²) in [6.45, 7) is 5.88. The first-order valence-electron chi connectivity index (χ1n) is 15.4. The maximum atomic E-state index is 14.3. The predicted octanol–water partition coefficient (Wildman–Crippen LogP) is 5.38. The number of benzene rings is 2. The molecule has 2 atom stereocenters. The number of aromatic carboxylic acids is 1. The number of aliphatic imine (C=N–C) groups is 1. The van der Waals surface area contributed by atoms with E-state index < -0.39 is 11.8 Å². The van der Waals surface area contributed by atoms with Crippen LogP contribution in [-0.4, -0.2) is 68.4 Å². The summed E-state index contributed by atoms with van der Waals surface area (Å²) in [6, 6.07) is 17.1. The number of piperidine rings is 1. The SMILES string of the molecule is CCN(C)C=N/C=C/Cn1c(CN2CCC3(c4cccc(OCc5ccc(C#N)cc5F)n4)CC3C2)nc2ccc(C(=O)O)cc21. The predicted molar refractivity (Wildman–Crippen MR) is 172 cm³/mol. The Kier molecular flexibility index (Phi) is 8.81. The van der Waals surface area contributed by atoms with Gasteiger partial charge in [-0.3, -0.25) is 4.90 Å². The smallest absolute Gasteiger partial charge is 0.335 e. The fraction of sp³-hybridized carbons (Fsp3) is 0.343. The van der Waals surface area contributed by atoms with Crippen LogP contribution in [0.4, 0.5) is 4.39 Å². The van der Waals surface area contributed by atoms with Crippen molar-refractivity contribution >= 4 is 23.3 Å². The number of aromatic nitrogens is 3. The summed E-state index contributed by atoms with van der Waals surface area (Å²) in [6.07, 6.45) is 7.47. The molecule has 1 saturated carbocycles. The van der Waals surface area contributed by atoms with E-state index in [4.69, 9.17) is 20.0 Å². The Morgan fingerprint density at radius 3 is 2.89 bits per heavy atom. The van der Waals surface area contributed by atoms with E-state index in [-0.39, 0.29) is 23.1 Å². The molecule has 2 aliphatic rings. The van der Waals surface area contributed by atoms with Crippen LogP contribution in [0, 0.1) is 23.1 Å². The van der Waals surface area contributed by atoms with Crippen LogP contribution in [0.5, 0.6) is 5.88 Å². The lowest BCUT2D eigenvalue weighted by atomic mass is 9.91. The van der Waals surface area contributed by atoms with Gasteiger partial charge in [0, 0.05) is 49.9 Å². The maximum Gasteiger partial charge on any atom is 0.335 e. The van der Waals surface area contributed by atoms with E-state index in [2.05, 4.69) is 27.4 Å². The number of carboxylic acid groups (broad SMARTS) is 1. The van der Waals surface area contributed by atoms with E-state index in [1.54, 1.807) is 48.9 Å². The molecule has 1 saturated heterocycles. The van der Waals surface area contributed by atoms with Crippen LogP contribution >= 0.6 is 0 Å². The summed E-state index contributed by atoms with van der Waals surface area (Å²) in [5, 5.41) is 18.6. The summed E-state index contributed by atoms with van der Waals surface area (Å²) >= 11 is 0. The van der Waals surface area contributed by atoms with Crippen LogP contribution in [0.2, 0.25) is 0 Å². The van der Waals surface area contributed by atoms with Crippen molar-refractivity contribution in [3.8, 4) is 11.9 Å². The van der Waals surface area contributed by atoms with Gasteiger partial charge >= 0.3 is 5.97 Å². The third-order valence-corrected chi connectivity index (χ3v) is 9.06. The topological polar surface area (TPSA) is 120 Å². The fourth-order valence-electron chi connectivity index (χ4n) is 6.21. The summed E-state index contributed by atoms with van der Waals surface area (Å²) in [4.78, 5) is 30.2. The second kappa shape index (κ2) is 13.1. The normalized spacial score (nSPS) is 19.4. The zero-order valence-electron chi connectivity index (χ0n) is 25.9. The molecule has 2 fully saturated rings. The number of nitrogens with zero attached hydrogens (tertiary/aromatic N) is 7. The summed E-state index contributed by atoms with van der Waals surface area (Å²) < 4.78 is 22.3. The van der Waals surface area contributed by atoms with E-state index in [0.717, 1.165) is 55.0 Å². The third-order valence-electron chi connectivity index (χ3n) is 9.06. The molecule has 0 spiro atoms. The van der Waals surface area contributed by atoms with Gasteiger partial charge in [-0.15, -0.1) is 0 Å². The van der Waals surface area contributed by atoms with Crippen molar-refractivity contribution in [2.75, 3.05) is 26.7 Å². The minimum absolute atomic E-state index is 0.00151. The highest BCUT2D eigenvalue weighted by Gasteiger charge is 2.58. The number of halogens is 1. The van der Waals surface area contributed by atoms with Gasteiger partial charge in [0.1, 0.15) is 18.2 Å². The first-order valence-corrected chi connectivity index (χ1v) is 15.4. The van der Waals surface area contributed by atoms with Gasteiger partial charge in [-0.05, 0) is 74.7 Å². The van der Waals surface area contributed by atoms with Gasteiger partial charge in [-0.2, -0.15) is 5.26 Å². The second-order valence-electron chi connectivity index (χ2n) is 12.0. The number of pyridine rings is 1. The molecule has 3 heterocycles. The van der Waals surface area contributed by atoms with Gasteiger partial charge < -0.3 is 19.3 Å². The maximum absolute atomic E-state index is 14.3. The molecule has 0 radical (unpaired) electrons. The Balaban J connectivity index is 1.14. The molecule has 236 valence electrons. The van der Waals surface area contributed by atoms with Crippen LogP contribution in [0.1, 0.15) is 52.8 Å². The van der Waals surface area contributed by atoms with Gasteiger partial charge in [0.25, 0.3) is 0 Å². The van der Waals surface area contributed by atoms with E-state index in [0.29, 0.717) is 30.5 Å². The summed E-state index contributed by atoms with van der Waals surface area (Å²) in [5.74, 6) is 0.347. The number of ether oxygens (including phenoxy) is 1. The molecule has 11 heteroatoms. The molecule has 10 nitrogen and oxygen atoms in total. The molecule has 4 aromatic rings. The van der Waals surface area contributed by atoms with Gasteiger partial charge in [-0.25, -0.2) is 24.1 Å². The molecule has 2 aromatic carbocycles. The van der Waals surface area contributed by atoms with E-state index in [1.807, 2.05) is 30.2 Å². The Morgan fingerprint density at radius 1 is 1.26 bits per heavy atom. The van der Waals surface area contributed by atoms with E-state index in [1.165, 1.54) is 6.07 Å². The molecule has 1 aliphatic carbocycles. The van der Waals surface area contributed by atoms with Crippen LogP contribution < -0.4 is 4.74 Å². The van der Waals surface area contributed by atoms with Crippen molar-refractivity contribution in [1.29, 1.82) is 5.26 Å². The lowest BCUT2D eigenvalue weighted by molar-refractivity contribution is 0.0697. The third kappa shape index (κ3) is 6.48. The first-order chi connectivity index (χ1) is 22.3. The van der Waals surface area contributed by atoms with Crippen molar-refractivity contribution in [1.82, 2.24) is 24.3 Å². The van der Waals surface area contributed by atoms with Crippen LogP contribution in [0.25, 0.3) is 11.0 Å². The summed E-state index contributed by atoms with van der Waals surface area (Å²) in [7, 11) is 1.96. The number of nitriles is 1. The number of carboxylic acids is 1. The Hall–Kier alpha value is -5.08. The van der Waals surface area contributed by atoms with E-state index >= 15 is 0 Å². The quantitative estimate of drug-likeness (QED) is 0.166. The molecule has 0 amide bonds. The number of fused-ring (bicyclic) bond motifs is 2. The molecule has 2 aromatic heterocycles. The van der Waals surface area contributed by atoms with Crippen LogP contribution in [-0.2, 0) is 25.1 Å². The van der Waals surface area contributed by atoms with Gasteiger partial charge in [0.2, 0.25) is 5.88 Å². The monoisotopic (exact) mass is 621 g/mol. The number of carbonyl (C=O) groups is 1. The van der Waals surface area contributed by atoms with Crippen LogP contribution in [0.15, 0.2) is 71.9 Å². The van der Waals surface area contributed by atoms with Crippen molar-refractivity contribution in [3.05, 3.63) is 101 Å². The first kappa shape index (κ1) is 30.9. The Bertz CT molecular complexity index is 1860. The van der Waals surface area contributed by atoms with Crippen molar-refractivity contribution in [3.63, 3.8) is 0 Å². The fourth-order valence-corrected chi connectivity index (χ4v) is 6.21. The number of hydrogen-bond acceptors (Lipinski definition) is 7. The number of likely N-dealkylation sites (tertiary alicyclic amines) is 1. The van der Waals surface area contributed by atoms with Gasteiger partial charge in [0.15, 0.2) is 0 Å². The summed E-state index contributed by atoms with van der Waals surface area (Å²) in [5.41, 5.74) is 3.43. The van der Waals surface area contributed by atoms with Crippen molar-refractivity contribution < 1.29 is 19.0 Å². The number of imidazole rings is 1. The molecular weight excluding hydrogens is 585 g/mol. The van der Waals surface area contributed by atoms with E-state index in [9.17, 15) is 14.3 Å². The number of rotatable bonds is 12. The molecule has 0 bridgehead atoms. The van der Waals surface area contributed by atoms with Gasteiger partial charge in [-0.1, -0.05) is 12.1 Å². The number of hydrogen-bond donors (Lipinski definition) is 1.